The third-order valence-electron chi connectivity index (χ3n) is 2.84. The summed E-state index contributed by atoms with van der Waals surface area (Å²) in [4.78, 5) is 8.61. The van der Waals surface area contributed by atoms with E-state index in [-0.39, 0.29) is 19.1 Å². The number of aliphatic hydroxyl groups excluding tert-OH is 2. The van der Waals surface area contributed by atoms with E-state index in [1.165, 1.54) is 0 Å². The summed E-state index contributed by atoms with van der Waals surface area (Å²) in [5.41, 5.74) is 5.73. The van der Waals surface area contributed by atoms with Gasteiger partial charge in [0, 0.05) is 11.5 Å². The van der Waals surface area contributed by atoms with Crippen molar-refractivity contribution >= 4 is 11.6 Å². The van der Waals surface area contributed by atoms with Crippen LogP contribution in [0, 0.1) is 6.92 Å². The van der Waals surface area contributed by atoms with E-state index in [2.05, 4.69) is 15.3 Å². The molecule has 1 heterocycles. The van der Waals surface area contributed by atoms with E-state index in [0.29, 0.717) is 23.0 Å². The molecule has 0 amide bonds. The smallest absolute Gasteiger partial charge is 0.135 e. The van der Waals surface area contributed by atoms with E-state index in [0.717, 1.165) is 0 Å². The first kappa shape index (κ1) is 14.7. The predicted octanol–water partition coefficient (Wildman–Crippen LogP) is 0.646. The van der Waals surface area contributed by atoms with Crippen molar-refractivity contribution in [2.45, 2.75) is 39.2 Å². The molecule has 0 bridgehead atoms. The Bertz CT molecular complexity index is 417. The zero-order valence-corrected chi connectivity index (χ0v) is 11.4. The van der Waals surface area contributed by atoms with Crippen LogP contribution in [-0.2, 0) is 0 Å². The lowest BCUT2D eigenvalue weighted by Crippen LogP contribution is -2.43. The molecule has 5 N–H and O–H groups in total. The van der Waals surface area contributed by atoms with Crippen molar-refractivity contribution in [1.29, 1.82) is 0 Å². The maximum absolute atomic E-state index is 9.29. The van der Waals surface area contributed by atoms with Gasteiger partial charge >= 0.3 is 0 Å². The molecule has 0 radical (unpaired) electrons. The number of aliphatic hydroxyl groups is 2. The van der Waals surface area contributed by atoms with Gasteiger partial charge in [0.15, 0.2) is 0 Å². The van der Waals surface area contributed by atoms with Gasteiger partial charge in [0.2, 0.25) is 0 Å². The first-order valence-electron chi connectivity index (χ1n) is 5.97. The van der Waals surface area contributed by atoms with Gasteiger partial charge in [-0.2, -0.15) is 0 Å². The average Bonchev–Trinajstić information content (AvgIpc) is 2.34. The van der Waals surface area contributed by atoms with Crippen LogP contribution >= 0.6 is 0 Å². The summed E-state index contributed by atoms with van der Waals surface area (Å²) in [5, 5.41) is 21.6. The Labute approximate surface area is 107 Å². The van der Waals surface area contributed by atoms with Gasteiger partial charge in [0.05, 0.1) is 18.8 Å². The molecule has 1 aromatic rings. The number of rotatable bonds is 5. The van der Waals surface area contributed by atoms with E-state index in [9.17, 15) is 10.2 Å². The van der Waals surface area contributed by atoms with Gasteiger partial charge in [-0.1, -0.05) is 13.8 Å². The van der Waals surface area contributed by atoms with E-state index in [4.69, 9.17) is 5.73 Å². The Balaban J connectivity index is 3.15. The summed E-state index contributed by atoms with van der Waals surface area (Å²) in [6, 6.07) is 0. The van der Waals surface area contributed by atoms with Crippen LogP contribution in [-0.4, -0.2) is 38.9 Å². The largest absolute Gasteiger partial charge is 0.394 e. The maximum Gasteiger partial charge on any atom is 0.135 e. The Morgan fingerprint density at radius 2 is 1.83 bits per heavy atom. The maximum atomic E-state index is 9.29. The van der Waals surface area contributed by atoms with Crippen LogP contribution < -0.4 is 11.1 Å². The van der Waals surface area contributed by atoms with Crippen molar-refractivity contribution in [2.24, 2.45) is 0 Å². The minimum atomic E-state index is -0.834. The van der Waals surface area contributed by atoms with Crippen molar-refractivity contribution in [1.82, 2.24) is 9.97 Å². The standard InChI is InChI=1S/C12H22N4O2/c1-7(2)10-14-9(13)8(3)11(15-10)16-12(4,5-17)6-18/h7,17-18H,5-6H2,1-4H3,(H3,13,14,15,16). The molecule has 0 aliphatic carbocycles. The molecule has 1 aromatic heterocycles. The molecule has 0 aromatic carbocycles. The fourth-order valence-electron chi connectivity index (χ4n) is 1.35. The fourth-order valence-corrected chi connectivity index (χ4v) is 1.35. The number of nitrogen functional groups attached to an aromatic ring is 1. The molecule has 6 heteroatoms. The number of hydrogen-bond donors (Lipinski definition) is 4. The van der Waals surface area contributed by atoms with E-state index < -0.39 is 5.54 Å². The molecule has 0 fully saturated rings. The summed E-state index contributed by atoms with van der Waals surface area (Å²) in [6.45, 7) is 7.06. The molecule has 0 saturated heterocycles. The fraction of sp³-hybridized carbons (Fsp3) is 0.667. The summed E-state index contributed by atoms with van der Waals surface area (Å²) in [5.74, 6) is 1.76. The van der Waals surface area contributed by atoms with Gasteiger partial charge in [-0.3, -0.25) is 0 Å². The van der Waals surface area contributed by atoms with Gasteiger partial charge in [0.25, 0.3) is 0 Å². The topological polar surface area (TPSA) is 104 Å². The van der Waals surface area contributed by atoms with Gasteiger partial charge in [-0.15, -0.1) is 0 Å². The summed E-state index contributed by atoms with van der Waals surface area (Å²) in [7, 11) is 0. The third-order valence-corrected chi connectivity index (χ3v) is 2.84. The second kappa shape index (κ2) is 5.49. The molecule has 1 rings (SSSR count). The Morgan fingerprint density at radius 3 is 2.28 bits per heavy atom. The predicted molar refractivity (Wildman–Crippen MR) is 71.5 cm³/mol. The third kappa shape index (κ3) is 3.08. The van der Waals surface area contributed by atoms with Gasteiger partial charge in [-0.25, -0.2) is 9.97 Å². The lowest BCUT2D eigenvalue weighted by atomic mass is 10.1. The number of nitrogens with two attached hydrogens (primary N) is 1. The van der Waals surface area contributed by atoms with E-state index >= 15 is 0 Å². The number of anilines is 2. The number of nitrogens with zero attached hydrogens (tertiary/aromatic N) is 2. The summed E-state index contributed by atoms with van der Waals surface area (Å²) >= 11 is 0. The second-order valence-electron chi connectivity index (χ2n) is 5.10. The minimum absolute atomic E-state index is 0.156. The Morgan fingerprint density at radius 1 is 1.28 bits per heavy atom. The van der Waals surface area contributed by atoms with Crippen LogP contribution in [0.25, 0.3) is 0 Å². The molecule has 6 nitrogen and oxygen atoms in total. The monoisotopic (exact) mass is 254 g/mol. The van der Waals surface area contributed by atoms with Crippen LogP contribution in [0.3, 0.4) is 0 Å². The minimum Gasteiger partial charge on any atom is -0.394 e. The van der Waals surface area contributed by atoms with Crippen molar-refractivity contribution in [3.63, 3.8) is 0 Å². The lowest BCUT2D eigenvalue weighted by Gasteiger charge is -2.28. The van der Waals surface area contributed by atoms with Crippen molar-refractivity contribution < 1.29 is 10.2 Å². The molecule has 0 aliphatic heterocycles. The normalized spacial score (nSPS) is 11.9. The molecule has 0 unspecified atom stereocenters. The molecule has 18 heavy (non-hydrogen) atoms. The van der Waals surface area contributed by atoms with Crippen LogP contribution in [0.1, 0.15) is 38.1 Å². The van der Waals surface area contributed by atoms with E-state index in [1.807, 2.05) is 13.8 Å². The molecule has 0 saturated carbocycles. The summed E-state index contributed by atoms with van der Waals surface area (Å²) in [6.07, 6.45) is 0. The average molecular weight is 254 g/mol. The number of aromatic nitrogens is 2. The van der Waals surface area contributed by atoms with Crippen LogP contribution in [0.4, 0.5) is 11.6 Å². The molecule has 0 spiro atoms. The van der Waals surface area contributed by atoms with Crippen LogP contribution in [0.2, 0.25) is 0 Å². The second-order valence-corrected chi connectivity index (χ2v) is 5.10. The van der Waals surface area contributed by atoms with Gasteiger partial charge < -0.3 is 21.3 Å². The SMILES string of the molecule is Cc1c(N)nc(C(C)C)nc1NC(C)(CO)CO. The number of hydrogen-bond acceptors (Lipinski definition) is 6. The summed E-state index contributed by atoms with van der Waals surface area (Å²) < 4.78 is 0. The molecule has 102 valence electrons. The molecule has 0 atom stereocenters. The van der Waals surface area contributed by atoms with Crippen molar-refractivity contribution in [3.8, 4) is 0 Å². The highest BCUT2D eigenvalue weighted by atomic mass is 16.3. The van der Waals surface area contributed by atoms with Gasteiger partial charge in [0.1, 0.15) is 17.5 Å². The molecular weight excluding hydrogens is 232 g/mol. The van der Waals surface area contributed by atoms with Crippen LogP contribution in [0.5, 0.6) is 0 Å². The first-order chi connectivity index (χ1) is 8.33. The molecular formula is C12H22N4O2. The van der Waals surface area contributed by atoms with Crippen LogP contribution in [0.15, 0.2) is 0 Å². The first-order valence-corrected chi connectivity index (χ1v) is 5.97. The highest BCUT2D eigenvalue weighted by Gasteiger charge is 2.24. The molecule has 0 aliphatic rings. The zero-order chi connectivity index (χ0) is 13.9. The highest BCUT2D eigenvalue weighted by Crippen LogP contribution is 2.23. The van der Waals surface area contributed by atoms with E-state index in [1.54, 1.807) is 13.8 Å². The number of nitrogens with one attached hydrogen (secondary N) is 1. The lowest BCUT2D eigenvalue weighted by molar-refractivity contribution is 0.147. The quantitative estimate of drug-likeness (QED) is 0.615. The Kier molecular flexibility index (Phi) is 4.48. The van der Waals surface area contributed by atoms with Crippen molar-refractivity contribution in [3.05, 3.63) is 11.4 Å². The Hall–Kier alpha value is -1.40. The van der Waals surface area contributed by atoms with Gasteiger partial charge in [-0.05, 0) is 13.8 Å². The van der Waals surface area contributed by atoms with Crippen molar-refractivity contribution in [2.75, 3.05) is 24.3 Å². The zero-order valence-electron chi connectivity index (χ0n) is 11.4. The highest BCUT2D eigenvalue weighted by molar-refractivity contribution is 5.56.